The molecular weight excluding hydrogens is 336 g/mol. The van der Waals surface area contributed by atoms with Gasteiger partial charge in [0.2, 0.25) is 9.84 Å². The molecule has 23 heavy (non-hydrogen) atoms. The minimum Gasteiger partial charge on any atom is -0.744 e. The van der Waals surface area contributed by atoms with Gasteiger partial charge in [-0.15, -0.1) is 0 Å². The monoisotopic (exact) mass is 353 g/mol. The van der Waals surface area contributed by atoms with E-state index in [0.717, 1.165) is 29.8 Å². The van der Waals surface area contributed by atoms with Gasteiger partial charge in [0.15, 0.2) is 0 Å². The highest BCUT2D eigenvalue weighted by Crippen LogP contribution is 2.26. The summed E-state index contributed by atoms with van der Waals surface area (Å²) in [5, 5.41) is 0. The molecule has 0 fully saturated rings. The summed E-state index contributed by atoms with van der Waals surface area (Å²) in [5.41, 5.74) is 0.913. The van der Waals surface area contributed by atoms with Crippen molar-refractivity contribution in [3.05, 3.63) is 54.1 Å². The van der Waals surface area contributed by atoms with Crippen molar-refractivity contribution in [2.75, 3.05) is 0 Å². The topological polar surface area (TPSA) is 91.3 Å². The predicted molar refractivity (Wildman–Crippen MR) is 85.0 cm³/mol. The third-order valence-corrected chi connectivity index (χ3v) is 6.09. The average Bonchev–Trinajstić information content (AvgIpc) is 2.46. The molecule has 0 spiro atoms. The number of sulfone groups is 1. The van der Waals surface area contributed by atoms with E-state index in [1.165, 1.54) is 12.1 Å². The molecule has 7 heteroatoms. The quantitative estimate of drug-likeness (QED) is 0.791. The summed E-state index contributed by atoms with van der Waals surface area (Å²) in [6.07, 6.45) is 0. The van der Waals surface area contributed by atoms with E-state index in [2.05, 4.69) is 0 Å². The van der Waals surface area contributed by atoms with Gasteiger partial charge in [0, 0.05) is 0 Å². The fourth-order valence-electron chi connectivity index (χ4n) is 2.06. The Bertz CT molecular complexity index is 902. The van der Waals surface area contributed by atoms with E-state index >= 15 is 0 Å². The molecule has 0 atom stereocenters. The molecule has 0 saturated carbocycles. The lowest BCUT2D eigenvalue weighted by Crippen LogP contribution is -2.11. The van der Waals surface area contributed by atoms with Crippen LogP contribution in [0.5, 0.6) is 0 Å². The summed E-state index contributed by atoms with van der Waals surface area (Å²) in [6.45, 7) is 6.08. The van der Waals surface area contributed by atoms with Gasteiger partial charge in [-0.2, -0.15) is 0 Å². The Kier molecular flexibility index (Phi) is 4.40. The smallest absolute Gasteiger partial charge is 0.206 e. The van der Waals surface area contributed by atoms with Gasteiger partial charge < -0.3 is 4.55 Å². The molecule has 0 aliphatic heterocycles. The Hall–Kier alpha value is -1.70. The summed E-state index contributed by atoms with van der Waals surface area (Å²) >= 11 is 0. The Morgan fingerprint density at radius 3 is 1.39 bits per heavy atom. The molecule has 2 rings (SSSR count). The summed E-state index contributed by atoms with van der Waals surface area (Å²) in [5.74, 6) is 0. The highest BCUT2D eigenvalue weighted by molar-refractivity contribution is 7.91. The van der Waals surface area contributed by atoms with E-state index in [1.807, 2.05) is 20.8 Å². The largest absolute Gasteiger partial charge is 0.744 e. The minimum absolute atomic E-state index is 0.0617. The molecule has 2 aromatic rings. The van der Waals surface area contributed by atoms with Crippen LogP contribution in [0, 0.1) is 0 Å². The van der Waals surface area contributed by atoms with Gasteiger partial charge in [0.05, 0.1) is 14.7 Å². The van der Waals surface area contributed by atoms with Crippen molar-refractivity contribution < 1.29 is 21.4 Å². The lowest BCUT2D eigenvalue weighted by Gasteiger charge is -2.19. The van der Waals surface area contributed by atoms with Crippen LogP contribution < -0.4 is 0 Å². The second-order valence-corrected chi connectivity index (χ2v) is 9.53. The van der Waals surface area contributed by atoms with Crippen molar-refractivity contribution in [2.24, 2.45) is 0 Å². The zero-order chi connectivity index (χ0) is 17.5. The van der Waals surface area contributed by atoms with Crippen molar-refractivity contribution in [1.29, 1.82) is 0 Å². The first-order valence-corrected chi connectivity index (χ1v) is 9.73. The number of benzene rings is 2. The average molecular weight is 353 g/mol. The molecule has 0 aliphatic carbocycles. The molecule has 124 valence electrons. The Balaban J connectivity index is 2.42. The van der Waals surface area contributed by atoms with Crippen LogP contribution in [0.4, 0.5) is 0 Å². The van der Waals surface area contributed by atoms with E-state index < -0.39 is 24.9 Å². The second kappa shape index (κ2) is 5.74. The molecule has 0 unspecified atom stereocenters. The van der Waals surface area contributed by atoms with Crippen LogP contribution in [0.1, 0.15) is 26.3 Å². The van der Waals surface area contributed by atoms with Gasteiger partial charge in [-0.05, 0) is 47.4 Å². The van der Waals surface area contributed by atoms with E-state index in [0.29, 0.717) is 0 Å². The van der Waals surface area contributed by atoms with Crippen LogP contribution in [0.25, 0.3) is 0 Å². The van der Waals surface area contributed by atoms with E-state index in [9.17, 15) is 21.4 Å². The molecule has 0 amide bonds. The summed E-state index contributed by atoms with van der Waals surface area (Å²) in [6, 6.07) is 10.8. The predicted octanol–water partition coefficient (Wildman–Crippen LogP) is 2.72. The highest BCUT2D eigenvalue weighted by atomic mass is 32.2. The maximum Gasteiger partial charge on any atom is 0.206 e. The maximum absolute atomic E-state index is 12.5. The van der Waals surface area contributed by atoms with Crippen molar-refractivity contribution in [3.8, 4) is 0 Å². The molecule has 0 aromatic heterocycles. The standard InChI is InChI=1S/C16H18O5S2/c1-16(2,3)12-4-6-13(7-5-12)22(17,18)14-8-10-15(11-9-14)23(19,20)21/h4-11H,1-3H3,(H,19,20,21)/p-1. The van der Waals surface area contributed by atoms with E-state index in [-0.39, 0.29) is 15.2 Å². The SMILES string of the molecule is CC(C)(C)c1ccc(S(=O)(=O)c2ccc(S(=O)(=O)[O-])cc2)cc1. The lowest BCUT2D eigenvalue weighted by molar-refractivity contribution is 0.463. The number of rotatable bonds is 3. The molecule has 0 N–H and O–H groups in total. The van der Waals surface area contributed by atoms with Gasteiger partial charge in [-0.25, -0.2) is 16.8 Å². The number of hydrogen-bond acceptors (Lipinski definition) is 5. The molecule has 0 saturated heterocycles. The molecule has 0 aliphatic rings. The Morgan fingerprint density at radius 2 is 1.04 bits per heavy atom. The van der Waals surface area contributed by atoms with E-state index in [1.54, 1.807) is 12.1 Å². The van der Waals surface area contributed by atoms with Crippen molar-refractivity contribution >= 4 is 20.0 Å². The highest BCUT2D eigenvalue weighted by Gasteiger charge is 2.20. The van der Waals surface area contributed by atoms with Gasteiger partial charge in [0.1, 0.15) is 10.1 Å². The first-order chi connectivity index (χ1) is 10.4. The Morgan fingerprint density at radius 1 is 0.696 bits per heavy atom. The van der Waals surface area contributed by atoms with Crippen LogP contribution in [-0.4, -0.2) is 21.4 Å². The molecule has 2 aromatic carbocycles. The summed E-state index contributed by atoms with van der Waals surface area (Å²) < 4.78 is 57.7. The van der Waals surface area contributed by atoms with Crippen LogP contribution >= 0.6 is 0 Å². The van der Waals surface area contributed by atoms with Gasteiger partial charge >= 0.3 is 0 Å². The van der Waals surface area contributed by atoms with Crippen LogP contribution in [0.3, 0.4) is 0 Å². The molecule has 5 nitrogen and oxygen atoms in total. The molecule has 0 radical (unpaired) electrons. The summed E-state index contributed by atoms with van der Waals surface area (Å²) in [7, 11) is -8.36. The molecule has 0 heterocycles. The van der Waals surface area contributed by atoms with Crippen LogP contribution in [-0.2, 0) is 25.4 Å². The first kappa shape index (κ1) is 17.7. The van der Waals surface area contributed by atoms with Gasteiger partial charge in [-0.3, -0.25) is 0 Å². The zero-order valence-corrected chi connectivity index (χ0v) is 14.6. The maximum atomic E-state index is 12.5. The third kappa shape index (κ3) is 3.80. The van der Waals surface area contributed by atoms with Crippen molar-refractivity contribution in [1.82, 2.24) is 0 Å². The second-order valence-electron chi connectivity index (χ2n) is 6.20. The number of hydrogen-bond donors (Lipinski definition) is 0. The minimum atomic E-state index is -4.60. The van der Waals surface area contributed by atoms with Crippen LogP contribution in [0.15, 0.2) is 63.2 Å². The third-order valence-electron chi connectivity index (χ3n) is 3.45. The van der Waals surface area contributed by atoms with Crippen molar-refractivity contribution in [2.45, 2.75) is 40.9 Å². The fourth-order valence-corrected chi connectivity index (χ4v) is 3.79. The zero-order valence-electron chi connectivity index (χ0n) is 13.0. The van der Waals surface area contributed by atoms with E-state index in [4.69, 9.17) is 0 Å². The summed E-state index contributed by atoms with van der Waals surface area (Å²) in [4.78, 5) is -0.406. The molecule has 0 bridgehead atoms. The molecular formula is C16H17O5S2-. The lowest BCUT2D eigenvalue weighted by atomic mass is 9.87. The Labute approximate surface area is 136 Å². The fraction of sp³-hybridized carbons (Fsp3) is 0.250. The van der Waals surface area contributed by atoms with Gasteiger partial charge in [0.25, 0.3) is 0 Å². The van der Waals surface area contributed by atoms with Crippen molar-refractivity contribution in [3.63, 3.8) is 0 Å². The normalized spacial score (nSPS) is 13.0. The van der Waals surface area contributed by atoms with Crippen LogP contribution in [0.2, 0.25) is 0 Å². The van der Waals surface area contributed by atoms with Gasteiger partial charge in [-0.1, -0.05) is 32.9 Å². The first-order valence-electron chi connectivity index (χ1n) is 6.84.